The van der Waals surface area contributed by atoms with Crippen molar-refractivity contribution < 1.29 is 4.74 Å². The van der Waals surface area contributed by atoms with Gasteiger partial charge in [0.25, 0.3) is 0 Å². The smallest absolute Gasteiger partial charge is 0.138 e. The lowest BCUT2D eigenvalue weighted by Gasteiger charge is -2.23. The van der Waals surface area contributed by atoms with Crippen molar-refractivity contribution in [3.63, 3.8) is 0 Å². The van der Waals surface area contributed by atoms with E-state index in [0.717, 1.165) is 48.7 Å². The molecule has 0 radical (unpaired) electrons. The molecule has 0 aliphatic carbocycles. The SMILES string of the molecule is Clc1ccc(Sc2c(CNC3CCOCC3)[nH]c3ncccc23)cc1. The summed E-state index contributed by atoms with van der Waals surface area (Å²) >= 11 is 7.76. The van der Waals surface area contributed by atoms with Crippen LogP contribution in [0.3, 0.4) is 0 Å². The number of rotatable bonds is 5. The number of nitrogens with zero attached hydrogens (tertiary/aromatic N) is 1. The molecule has 130 valence electrons. The third-order valence-corrected chi connectivity index (χ3v) is 5.85. The van der Waals surface area contributed by atoms with E-state index in [9.17, 15) is 0 Å². The molecule has 0 amide bonds. The van der Waals surface area contributed by atoms with Gasteiger partial charge in [-0.05, 0) is 49.2 Å². The van der Waals surface area contributed by atoms with E-state index in [-0.39, 0.29) is 0 Å². The topological polar surface area (TPSA) is 49.9 Å². The fourth-order valence-electron chi connectivity index (χ4n) is 3.06. The number of halogens is 1. The van der Waals surface area contributed by atoms with Crippen LogP contribution in [0.2, 0.25) is 5.02 Å². The zero-order valence-electron chi connectivity index (χ0n) is 13.8. The summed E-state index contributed by atoms with van der Waals surface area (Å²) in [5.74, 6) is 0. The maximum Gasteiger partial charge on any atom is 0.138 e. The monoisotopic (exact) mass is 373 g/mol. The van der Waals surface area contributed by atoms with Crippen molar-refractivity contribution >= 4 is 34.4 Å². The van der Waals surface area contributed by atoms with Crippen LogP contribution in [0.25, 0.3) is 11.0 Å². The molecule has 0 unspecified atom stereocenters. The number of pyridine rings is 1. The first kappa shape index (κ1) is 16.9. The molecule has 1 saturated heterocycles. The van der Waals surface area contributed by atoms with Gasteiger partial charge in [-0.2, -0.15) is 0 Å². The van der Waals surface area contributed by atoms with E-state index in [0.29, 0.717) is 6.04 Å². The molecule has 0 atom stereocenters. The predicted molar refractivity (Wildman–Crippen MR) is 102 cm³/mol. The second kappa shape index (κ2) is 7.79. The van der Waals surface area contributed by atoms with Crippen LogP contribution in [0.1, 0.15) is 18.5 Å². The van der Waals surface area contributed by atoms with Gasteiger partial charge in [-0.15, -0.1) is 0 Å². The van der Waals surface area contributed by atoms with Crippen molar-refractivity contribution in [2.24, 2.45) is 0 Å². The van der Waals surface area contributed by atoms with Gasteiger partial charge in [-0.3, -0.25) is 0 Å². The maximum atomic E-state index is 6.01. The van der Waals surface area contributed by atoms with E-state index in [1.165, 1.54) is 15.5 Å². The highest BCUT2D eigenvalue weighted by Crippen LogP contribution is 2.36. The molecule has 0 spiro atoms. The Labute approximate surface area is 156 Å². The summed E-state index contributed by atoms with van der Waals surface area (Å²) in [7, 11) is 0. The normalized spacial score (nSPS) is 15.7. The Kier molecular flexibility index (Phi) is 5.27. The first-order valence-corrected chi connectivity index (χ1v) is 9.69. The average Bonchev–Trinajstić information content (AvgIpc) is 3.00. The molecule has 1 aromatic carbocycles. The highest BCUT2D eigenvalue weighted by Gasteiger charge is 2.17. The Morgan fingerprint density at radius 1 is 1.20 bits per heavy atom. The fraction of sp³-hybridized carbons (Fsp3) is 0.316. The molecule has 1 aliphatic rings. The largest absolute Gasteiger partial charge is 0.381 e. The summed E-state index contributed by atoms with van der Waals surface area (Å²) in [5.41, 5.74) is 2.11. The van der Waals surface area contributed by atoms with Crippen LogP contribution in [-0.2, 0) is 11.3 Å². The van der Waals surface area contributed by atoms with Gasteiger partial charge in [0, 0.05) is 57.9 Å². The first-order valence-electron chi connectivity index (χ1n) is 8.50. The van der Waals surface area contributed by atoms with Crippen LogP contribution in [0.4, 0.5) is 0 Å². The van der Waals surface area contributed by atoms with Crippen molar-refractivity contribution in [1.29, 1.82) is 0 Å². The van der Waals surface area contributed by atoms with E-state index in [1.54, 1.807) is 11.8 Å². The number of H-pyrrole nitrogens is 1. The third kappa shape index (κ3) is 4.01. The van der Waals surface area contributed by atoms with Gasteiger partial charge in [0.1, 0.15) is 5.65 Å². The summed E-state index contributed by atoms with van der Waals surface area (Å²) in [6.07, 6.45) is 3.96. The van der Waals surface area contributed by atoms with E-state index in [4.69, 9.17) is 16.3 Å². The van der Waals surface area contributed by atoms with Gasteiger partial charge in [0.05, 0.1) is 0 Å². The zero-order valence-corrected chi connectivity index (χ0v) is 15.4. The number of hydrogen-bond donors (Lipinski definition) is 2. The quantitative estimate of drug-likeness (QED) is 0.684. The summed E-state index contributed by atoms with van der Waals surface area (Å²) < 4.78 is 5.44. The standard InChI is InChI=1S/C19H20ClN3OS/c20-13-3-5-15(6-4-13)25-18-16-2-1-9-21-19(16)23-17(18)12-22-14-7-10-24-11-8-14/h1-6,9,14,22H,7-8,10-12H2,(H,21,23). The minimum absolute atomic E-state index is 0.515. The lowest BCUT2D eigenvalue weighted by atomic mass is 10.1. The molecule has 1 aliphatic heterocycles. The molecule has 0 saturated carbocycles. The molecule has 3 heterocycles. The number of fused-ring (bicyclic) bond motifs is 1. The van der Waals surface area contributed by atoms with Crippen molar-refractivity contribution in [2.75, 3.05) is 13.2 Å². The molecule has 2 N–H and O–H groups in total. The Morgan fingerprint density at radius 2 is 2.00 bits per heavy atom. The van der Waals surface area contributed by atoms with Gasteiger partial charge in [0.2, 0.25) is 0 Å². The van der Waals surface area contributed by atoms with Crippen molar-refractivity contribution in [1.82, 2.24) is 15.3 Å². The zero-order chi connectivity index (χ0) is 17.1. The molecule has 6 heteroatoms. The van der Waals surface area contributed by atoms with E-state index < -0.39 is 0 Å². The van der Waals surface area contributed by atoms with Gasteiger partial charge in [0.15, 0.2) is 0 Å². The summed E-state index contributed by atoms with van der Waals surface area (Å²) in [6.45, 7) is 2.49. The fourth-order valence-corrected chi connectivity index (χ4v) is 4.21. The third-order valence-electron chi connectivity index (χ3n) is 4.42. The highest BCUT2D eigenvalue weighted by atomic mass is 35.5. The molecule has 1 fully saturated rings. The number of benzene rings is 1. The second-order valence-corrected chi connectivity index (χ2v) is 7.68. The van der Waals surface area contributed by atoms with Crippen molar-refractivity contribution in [3.8, 4) is 0 Å². The van der Waals surface area contributed by atoms with Crippen LogP contribution in [0, 0.1) is 0 Å². The number of aromatic nitrogens is 2. The number of hydrogen-bond acceptors (Lipinski definition) is 4. The maximum absolute atomic E-state index is 6.01. The highest BCUT2D eigenvalue weighted by molar-refractivity contribution is 7.99. The Bertz CT molecular complexity index is 844. The lowest BCUT2D eigenvalue weighted by molar-refractivity contribution is 0.0775. The molecule has 2 aromatic heterocycles. The minimum atomic E-state index is 0.515. The number of aromatic amines is 1. The van der Waals surface area contributed by atoms with Gasteiger partial charge < -0.3 is 15.0 Å². The summed E-state index contributed by atoms with van der Waals surface area (Å²) in [5, 5.41) is 5.58. The summed E-state index contributed by atoms with van der Waals surface area (Å²) in [6, 6.07) is 12.6. The van der Waals surface area contributed by atoms with Gasteiger partial charge >= 0.3 is 0 Å². The molecule has 0 bridgehead atoms. The molecule has 4 nitrogen and oxygen atoms in total. The predicted octanol–water partition coefficient (Wildman–Crippen LogP) is 4.64. The first-order chi connectivity index (χ1) is 12.3. The van der Waals surface area contributed by atoms with Gasteiger partial charge in [-0.25, -0.2) is 4.98 Å². The second-order valence-electron chi connectivity index (χ2n) is 6.16. The van der Waals surface area contributed by atoms with Crippen LogP contribution in [0.5, 0.6) is 0 Å². The van der Waals surface area contributed by atoms with Crippen LogP contribution >= 0.6 is 23.4 Å². The molecular formula is C19H20ClN3OS. The van der Waals surface area contributed by atoms with E-state index >= 15 is 0 Å². The van der Waals surface area contributed by atoms with E-state index in [1.807, 2.05) is 24.4 Å². The lowest BCUT2D eigenvalue weighted by Crippen LogP contribution is -2.34. The van der Waals surface area contributed by atoms with Crippen molar-refractivity contribution in [3.05, 3.63) is 53.3 Å². The minimum Gasteiger partial charge on any atom is -0.381 e. The Morgan fingerprint density at radius 3 is 2.80 bits per heavy atom. The average molecular weight is 374 g/mol. The van der Waals surface area contributed by atoms with Crippen LogP contribution in [-0.4, -0.2) is 29.2 Å². The Balaban J connectivity index is 1.59. The van der Waals surface area contributed by atoms with Crippen LogP contribution in [0.15, 0.2) is 52.4 Å². The molecule has 25 heavy (non-hydrogen) atoms. The number of nitrogens with one attached hydrogen (secondary N) is 2. The van der Waals surface area contributed by atoms with E-state index in [2.05, 4.69) is 33.5 Å². The summed E-state index contributed by atoms with van der Waals surface area (Å²) in [4.78, 5) is 10.4. The molecule has 3 aromatic rings. The molecule has 4 rings (SSSR count). The van der Waals surface area contributed by atoms with Crippen LogP contribution < -0.4 is 5.32 Å². The van der Waals surface area contributed by atoms with Crippen molar-refractivity contribution in [2.45, 2.75) is 35.2 Å². The number of ether oxygens (including phenoxy) is 1. The van der Waals surface area contributed by atoms with Gasteiger partial charge in [-0.1, -0.05) is 23.4 Å². The Hall–Kier alpha value is -1.53. The molecular weight excluding hydrogens is 354 g/mol.